The number of unbranched alkanes of at least 4 members (excludes halogenated alkanes) is 1. The minimum atomic E-state index is -4.65. The Morgan fingerprint density at radius 2 is 1.39 bits per heavy atom. The molecule has 670 valence electrons. The Morgan fingerprint density at radius 1 is 0.754 bits per heavy atom. The van der Waals surface area contributed by atoms with Crippen LogP contribution in [-0.2, 0) is 128 Å². The first-order valence-electron chi connectivity index (χ1n) is 39.5. The number of aliphatic hydroxyl groups is 1. The van der Waals surface area contributed by atoms with E-state index in [1.54, 1.807) is 77.3 Å². The number of nitrogens with zero attached hydrogens (tertiary/aromatic N) is 8. The molecule has 8 heterocycles. The number of hydrogen-bond acceptors (Lipinski definition) is 31. The number of anilines is 2. The van der Waals surface area contributed by atoms with E-state index in [1.807, 2.05) is 0 Å². The summed E-state index contributed by atoms with van der Waals surface area (Å²) in [5.74, 6) is -6.23. The van der Waals surface area contributed by atoms with E-state index in [4.69, 9.17) is 82.0 Å². The van der Waals surface area contributed by atoms with Crippen LogP contribution < -0.4 is 26.8 Å². The number of fused-ring (bicyclic) bond motifs is 5. The normalized spacial score (nSPS) is 23.2. The first kappa shape index (κ1) is 96.0. The van der Waals surface area contributed by atoms with Gasteiger partial charge in [-0.2, -0.15) is 0 Å². The number of alkyl halides is 1. The number of amides is 7. The predicted octanol–water partition coefficient (Wildman–Crippen LogP) is 5.17. The van der Waals surface area contributed by atoms with Crippen molar-refractivity contribution in [2.75, 3.05) is 144 Å². The predicted molar refractivity (Wildman–Crippen MR) is 434 cm³/mol. The number of carbonyl (C=O) groups excluding carboxylic acids is 8. The van der Waals surface area contributed by atoms with Gasteiger partial charge in [0, 0.05) is 75.8 Å². The number of imide groups is 1. The number of thiol groups is 1. The summed E-state index contributed by atoms with van der Waals surface area (Å²) >= 11 is 9.40. The second-order valence-corrected chi connectivity index (χ2v) is 34.9. The van der Waals surface area contributed by atoms with Crippen molar-refractivity contribution >= 4 is 119 Å². The van der Waals surface area contributed by atoms with Crippen molar-refractivity contribution < 1.29 is 132 Å². The van der Waals surface area contributed by atoms with E-state index in [-0.39, 0.29) is 105 Å². The Bertz CT molecular complexity index is 4700. The van der Waals surface area contributed by atoms with Gasteiger partial charge in [-0.15, -0.1) is 0 Å². The molecular formula is C76H103F2N13O27P2S2. The van der Waals surface area contributed by atoms with Gasteiger partial charge in [-0.3, -0.25) is 61.4 Å². The molecule has 4 fully saturated rings. The van der Waals surface area contributed by atoms with Gasteiger partial charge in [-0.05, 0) is 66.3 Å². The van der Waals surface area contributed by atoms with E-state index < -0.39 is 158 Å². The van der Waals surface area contributed by atoms with Crippen molar-refractivity contribution in [1.29, 1.82) is 0 Å². The van der Waals surface area contributed by atoms with Crippen LogP contribution in [0.2, 0.25) is 0 Å². The molecule has 0 aliphatic carbocycles. The molecule has 122 heavy (non-hydrogen) atoms. The molecule has 4 aromatic heterocycles. The summed E-state index contributed by atoms with van der Waals surface area (Å²) in [6, 6.07) is 10.6. The summed E-state index contributed by atoms with van der Waals surface area (Å²) in [5.41, 5.74) is 0.165. The van der Waals surface area contributed by atoms with Crippen LogP contribution in [0.1, 0.15) is 100 Å². The summed E-state index contributed by atoms with van der Waals surface area (Å²) in [6.07, 6.45) is -9.97. The second kappa shape index (κ2) is 46.7. The van der Waals surface area contributed by atoms with Gasteiger partial charge in [-0.1, -0.05) is 70.3 Å². The fourth-order valence-electron chi connectivity index (χ4n) is 13.4. The quantitative estimate of drug-likeness (QED) is 0.0106. The third kappa shape index (κ3) is 27.2. The Hall–Kier alpha value is -8.18. The van der Waals surface area contributed by atoms with Gasteiger partial charge in [0.05, 0.1) is 131 Å². The molecule has 2 aromatic carbocycles. The third-order valence-corrected chi connectivity index (χ3v) is 23.0. The smallest absolute Gasteiger partial charge is 0.410 e. The number of aromatic nitrogens is 7. The average molecular weight is 1790 g/mol. The molecule has 4 aliphatic rings. The molecule has 4 saturated heterocycles. The van der Waals surface area contributed by atoms with Crippen LogP contribution in [0, 0.1) is 23.6 Å². The molecule has 7 N–H and O–H groups in total. The lowest BCUT2D eigenvalue weighted by Crippen LogP contribution is -2.53. The molecule has 7 amide bonds. The molecule has 6 aromatic rings. The van der Waals surface area contributed by atoms with Gasteiger partial charge < -0.3 is 102 Å². The Morgan fingerprint density at radius 3 is 2.02 bits per heavy atom. The van der Waals surface area contributed by atoms with Crippen LogP contribution in [0.25, 0.3) is 22.2 Å². The van der Waals surface area contributed by atoms with Crippen molar-refractivity contribution in [3.8, 4) is 0 Å². The van der Waals surface area contributed by atoms with Gasteiger partial charge >= 0.3 is 19.6 Å². The number of likely N-dealkylation sites (tertiary alicyclic amines) is 1. The number of methoxy groups -OCH3 is 1. The maximum absolute atomic E-state index is 17.0. The van der Waals surface area contributed by atoms with E-state index in [0.29, 0.717) is 109 Å². The average Bonchev–Trinajstić information content (AvgIpc) is 1.60. The van der Waals surface area contributed by atoms with E-state index in [2.05, 4.69) is 58.4 Å². The number of hydrogen-bond donors (Lipinski definition) is 8. The first-order valence-corrected chi connectivity index (χ1v) is 44.8. The molecular weight excluding hydrogens is 1690 g/mol. The number of ether oxygens (including phenoxy) is 11. The monoisotopic (exact) mass is 1790 g/mol. The molecule has 14 atom stereocenters. The molecule has 0 saturated carbocycles. The zero-order valence-corrected chi connectivity index (χ0v) is 71.5. The fraction of sp³-hybridized carbons (Fsp3) is 0.592. The van der Waals surface area contributed by atoms with Crippen molar-refractivity contribution in [2.45, 2.75) is 141 Å². The summed E-state index contributed by atoms with van der Waals surface area (Å²) < 4.78 is 132. The van der Waals surface area contributed by atoms with Crippen molar-refractivity contribution in [2.24, 2.45) is 17.8 Å². The number of aliphatic hydroxyl groups excluding tert-OH is 1. The van der Waals surface area contributed by atoms with Crippen LogP contribution in [-0.4, -0.2) is 283 Å². The second-order valence-electron chi connectivity index (χ2n) is 29.2. The minimum Gasteiger partial charge on any atom is -0.445 e. The largest absolute Gasteiger partial charge is 0.445 e. The van der Waals surface area contributed by atoms with Crippen molar-refractivity contribution in [3.63, 3.8) is 0 Å². The highest BCUT2D eigenvalue weighted by molar-refractivity contribution is 8.44. The number of aromatic amines is 1. The van der Waals surface area contributed by atoms with Gasteiger partial charge in [0.25, 0.3) is 11.5 Å². The summed E-state index contributed by atoms with van der Waals surface area (Å²) in [5, 5.41) is 22.0. The van der Waals surface area contributed by atoms with Gasteiger partial charge in [0.2, 0.25) is 29.5 Å². The number of carbonyl (C=O) groups is 8. The van der Waals surface area contributed by atoms with Gasteiger partial charge in [-0.25, -0.2) is 38.1 Å². The van der Waals surface area contributed by atoms with Crippen LogP contribution in [0.3, 0.4) is 0 Å². The molecule has 0 spiro atoms. The minimum absolute atomic E-state index is 0.0126. The topological polar surface area (TPSA) is 481 Å². The maximum atomic E-state index is 17.0. The molecule has 0 radical (unpaired) electrons. The van der Waals surface area contributed by atoms with Crippen molar-refractivity contribution in [1.82, 2.24) is 54.5 Å². The molecule has 10 rings (SSSR count). The number of imidazole rings is 1. The van der Waals surface area contributed by atoms with E-state index in [9.17, 15) is 57.7 Å². The SMILES string of the molecule is COCCOCCOCCOCCOCCOCCOCCOCCC(=O)N[C@@H](CCCCN1C(=O)CC(C)C1=O)C(=O)N[C@H](C(=O)C[C@@H](C)C(=O)Nc1ccc(COC(=O)N(C)Cc2ccccc2C(=O)Nc2ncnc3c2ncn3[C@@H]2O[C@@H]3COP(O)(=S)O[C@@H]4[C@H](O)[C@@H](COP(=O)(S)O[C@H]3[C@H]2F)O[C@H]4n2cc(F)c3c(=O)[nH]cnc32)cc1)C(C)C. The Labute approximate surface area is 710 Å². The van der Waals surface area contributed by atoms with Crippen LogP contribution in [0.5, 0.6) is 0 Å². The first-order chi connectivity index (χ1) is 58.5. The molecule has 4 aliphatic heterocycles. The summed E-state index contributed by atoms with van der Waals surface area (Å²) in [7, 11) is 3.07. The zero-order valence-electron chi connectivity index (χ0n) is 68.0. The summed E-state index contributed by atoms with van der Waals surface area (Å²) in [6.45, 7) is 1.35. The lowest BCUT2D eigenvalue weighted by atomic mass is 9.92. The molecule has 40 nitrogen and oxygen atoms in total. The number of Topliss-reactive ketones (excluding diaryl/α,β-unsaturated/α-hetero) is 1. The highest BCUT2D eigenvalue weighted by atomic mass is 32.7. The standard InChI is InChI=1S/C76H103F2N13O27P2S2/c1-45(2)61(86-71(98)53(13-9-10-19-89-58(94)36-47(4)73(89)100)85-57(93)18-20-105-23-24-107-27-28-109-31-32-111-34-33-110-30-29-108-26-25-106-22-21-104-6)54(92)35-46(3)69(96)84-50-16-14-48(15-17-50)39-112-76(101)88(5)37-49-11-7-8-12-51(49)70(97)87-66-62-68(81-42-79-66)91(44-83-62)74-60(78)64-56(116-74)41-114-120(103,122)118-65-63(95)55(40-113-119(102,121)117-64)115-75(65)90-38-52(77)59-67(90)80-43-82-72(59)99/h7-8,11-12,14-17,38,42-47,53,55-56,60-61,63-65,74-75,95H,9-10,13,18-37,39-41H2,1-6H3,(H,84,96)(H,85,93)(H,86,98)(H,102,121)(H,103,122)(H,80,82,99)(H,79,81,87,97)/t46-,47?,53+,55-,56-,60-,61+,63-,64-,65-,74-,75-,119?,120?/m1/s1. The lowest BCUT2D eigenvalue weighted by molar-refractivity contribution is -0.139. The van der Waals surface area contributed by atoms with Crippen molar-refractivity contribution in [3.05, 3.63) is 107 Å². The van der Waals surface area contributed by atoms with Crippen LogP contribution in [0.4, 0.5) is 25.1 Å². The number of H-pyrrole nitrogens is 1. The Kier molecular flexibility index (Phi) is 36.8. The maximum Gasteiger partial charge on any atom is 0.410 e. The molecule has 46 heteroatoms. The third-order valence-electron chi connectivity index (χ3n) is 19.8. The molecule has 2 bridgehead atoms. The highest BCUT2D eigenvalue weighted by Gasteiger charge is 2.54. The highest BCUT2D eigenvalue weighted by Crippen LogP contribution is 2.59. The zero-order chi connectivity index (χ0) is 87.6. The lowest BCUT2D eigenvalue weighted by Gasteiger charge is -2.27. The number of rotatable bonds is 46. The number of ketones is 1. The fourth-order valence-corrected chi connectivity index (χ4v) is 16.3. The number of halogens is 2. The van der Waals surface area contributed by atoms with E-state index >= 15 is 8.78 Å². The van der Waals surface area contributed by atoms with Crippen LogP contribution >= 0.6 is 25.8 Å². The molecule has 3 unspecified atom stereocenters. The van der Waals surface area contributed by atoms with Crippen LogP contribution in [0.15, 0.2) is 78.5 Å². The van der Waals surface area contributed by atoms with Gasteiger partial charge in [0.1, 0.15) is 54.9 Å². The summed E-state index contributed by atoms with van der Waals surface area (Å²) in [4.78, 5) is 153. The Balaban J connectivity index is 0.652. The van der Waals surface area contributed by atoms with E-state index in [1.165, 1.54) is 22.9 Å². The number of benzene rings is 2. The number of nitrogens with one attached hydrogen (secondary N) is 5. The van der Waals surface area contributed by atoms with Gasteiger partial charge in [0.15, 0.2) is 52.9 Å². The van der Waals surface area contributed by atoms with E-state index in [0.717, 1.165) is 34.3 Å².